The molecule has 0 spiro atoms. The molecule has 1 saturated heterocycles. The van der Waals surface area contributed by atoms with Crippen molar-refractivity contribution in [3.8, 4) is 0 Å². The van der Waals surface area contributed by atoms with E-state index >= 15 is 0 Å². The fourth-order valence-electron chi connectivity index (χ4n) is 1.71. The molecule has 1 aliphatic rings. The van der Waals surface area contributed by atoms with Gasteiger partial charge in [0, 0.05) is 0 Å². The largest absolute Gasteiger partial charge is 0.298 e. The van der Waals surface area contributed by atoms with Crippen LogP contribution in [0.5, 0.6) is 0 Å². The number of hydrogen-bond donors (Lipinski definition) is 0. The molecule has 1 fully saturated rings. The van der Waals surface area contributed by atoms with Crippen molar-refractivity contribution in [2.45, 2.75) is 17.4 Å². The quantitative estimate of drug-likeness (QED) is 0.785. The fourth-order valence-corrected chi connectivity index (χ4v) is 4.63. The first-order valence-corrected chi connectivity index (χ1v) is 7.47. The van der Waals surface area contributed by atoms with Gasteiger partial charge in [0.15, 0.2) is 6.29 Å². The maximum Gasteiger partial charge on any atom is 0.155 e. The van der Waals surface area contributed by atoms with Gasteiger partial charge in [-0.25, -0.2) is 8.78 Å². The van der Waals surface area contributed by atoms with Crippen molar-refractivity contribution in [2.24, 2.45) is 0 Å². The minimum absolute atomic E-state index is 0.221. The summed E-state index contributed by atoms with van der Waals surface area (Å²) in [7, 11) is 0. The lowest BCUT2D eigenvalue weighted by molar-refractivity contribution is 0.111. The molecule has 5 heteroatoms. The summed E-state index contributed by atoms with van der Waals surface area (Å²) < 4.78 is 27.1. The normalized spacial score (nSPS) is 17.1. The second kappa shape index (κ2) is 5.87. The van der Waals surface area contributed by atoms with Crippen LogP contribution in [0.4, 0.5) is 8.78 Å². The molecule has 0 aromatic heterocycles. The average molecular weight is 274 g/mol. The van der Waals surface area contributed by atoms with Crippen LogP contribution in [0.3, 0.4) is 0 Å². The van der Waals surface area contributed by atoms with E-state index in [1.807, 2.05) is 23.5 Å². The number of halogens is 2. The molecule has 0 bridgehead atoms. The van der Waals surface area contributed by atoms with Crippen LogP contribution >= 0.6 is 23.5 Å². The monoisotopic (exact) mass is 274 g/mol. The first-order valence-electron chi connectivity index (χ1n) is 5.37. The minimum Gasteiger partial charge on any atom is -0.298 e. The van der Waals surface area contributed by atoms with Crippen molar-refractivity contribution < 1.29 is 13.6 Å². The Bertz CT molecular complexity index is 394. The molecule has 0 aliphatic carbocycles. The van der Waals surface area contributed by atoms with Gasteiger partial charge in [0.05, 0.1) is 10.1 Å². The maximum atomic E-state index is 13.4. The van der Waals surface area contributed by atoms with E-state index in [1.165, 1.54) is 18.6 Å². The van der Waals surface area contributed by atoms with Crippen molar-refractivity contribution in [3.05, 3.63) is 34.9 Å². The van der Waals surface area contributed by atoms with E-state index in [2.05, 4.69) is 0 Å². The van der Waals surface area contributed by atoms with Crippen LogP contribution in [0.1, 0.15) is 22.3 Å². The van der Waals surface area contributed by atoms with E-state index in [4.69, 9.17) is 0 Å². The van der Waals surface area contributed by atoms with Crippen LogP contribution in [0.15, 0.2) is 12.1 Å². The molecule has 17 heavy (non-hydrogen) atoms. The topological polar surface area (TPSA) is 17.1 Å². The second-order valence-electron chi connectivity index (χ2n) is 3.82. The van der Waals surface area contributed by atoms with Crippen LogP contribution in [-0.4, -0.2) is 22.4 Å². The van der Waals surface area contributed by atoms with E-state index in [9.17, 15) is 13.6 Å². The van der Waals surface area contributed by atoms with Crippen molar-refractivity contribution in [2.75, 3.05) is 11.5 Å². The van der Waals surface area contributed by atoms with Gasteiger partial charge in [0.25, 0.3) is 0 Å². The predicted octanol–water partition coefficient (Wildman–Crippen LogP) is 3.52. The number of carbonyl (C=O) groups is 1. The van der Waals surface area contributed by atoms with Gasteiger partial charge in [-0.3, -0.25) is 4.79 Å². The number of thioether (sulfide) groups is 2. The van der Waals surface area contributed by atoms with Crippen molar-refractivity contribution in [1.29, 1.82) is 0 Å². The molecule has 0 N–H and O–H groups in total. The number of rotatable bonds is 3. The van der Waals surface area contributed by atoms with Gasteiger partial charge in [-0.15, -0.1) is 23.5 Å². The summed E-state index contributed by atoms with van der Waals surface area (Å²) in [5.41, 5.74) is 0.148. The Morgan fingerprint density at radius 2 is 1.82 bits per heavy atom. The third-order valence-electron chi connectivity index (χ3n) is 2.56. The smallest absolute Gasteiger partial charge is 0.155 e. The first-order chi connectivity index (χ1) is 8.20. The molecule has 0 unspecified atom stereocenters. The van der Waals surface area contributed by atoms with Crippen molar-refractivity contribution >= 4 is 29.8 Å². The van der Waals surface area contributed by atoms with E-state index < -0.39 is 17.2 Å². The zero-order valence-electron chi connectivity index (χ0n) is 9.12. The van der Waals surface area contributed by atoms with E-state index in [0.717, 1.165) is 11.5 Å². The van der Waals surface area contributed by atoms with Gasteiger partial charge in [0.1, 0.15) is 11.6 Å². The molecular weight excluding hydrogens is 262 g/mol. The Morgan fingerprint density at radius 3 is 2.35 bits per heavy atom. The molecule has 0 amide bonds. The van der Waals surface area contributed by atoms with Gasteiger partial charge in [-0.2, -0.15) is 0 Å². The third-order valence-corrected chi connectivity index (χ3v) is 5.50. The average Bonchev–Trinajstić information content (AvgIpc) is 2.30. The molecule has 0 atom stereocenters. The Morgan fingerprint density at radius 1 is 1.24 bits per heavy atom. The standard InChI is InChI=1S/C12H12F2OS2/c13-10-4-8(5-11(14)9(10)7-15)6-12-16-2-1-3-17-12/h4-5,7,12H,1-3,6H2. The number of hydrogen-bond acceptors (Lipinski definition) is 3. The zero-order chi connectivity index (χ0) is 12.3. The maximum absolute atomic E-state index is 13.4. The molecule has 1 nitrogen and oxygen atoms in total. The molecule has 0 radical (unpaired) electrons. The summed E-state index contributed by atoms with van der Waals surface area (Å²) in [6.07, 6.45) is 2.06. The number of carbonyl (C=O) groups excluding carboxylic acids is 1. The second-order valence-corrected chi connectivity index (χ2v) is 6.74. The lowest BCUT2D eigenvalue weighted by Gasteiger charge is -2.20. The summed E-state index contributed by atoms with van der Waals surface area (Å²) in [5.74, 6) is 0.686. The van der Waals surface area contributed by atoms with E-state index in [-0.39, 0.29) is 6.29 Å². The van der Waals surface area contributed by atoms with Crippen molar-refractivity contribution in [1.82, 2.24) is 0 Å². The van der Waals surface area contributed by atoms with Gasteiger partial charge in [-0.1, -0.05) is 0 Å². The van der Waals surface area contributed by atoms with Gasteiger partial charge >= 0.3 is 0 Å². The Hall–Kier alpha value is -0.550. The molecule has 1 heterocycles. The zero-order valence-corrected chi connectivity index (χ0v) is 10.8. The number of benzene rings is 1. The fraction of sp³-hybridized carbons (Fsp3) is 0.417. The predicted molar refractivity (Wildman–Crippen MR) is 68.8 cm³/mol. The Kier molecular flexibility index (Phi) is 4.45. The molecular formula is C12H12F2OS2. The van der Waals surface area contributed by atoms with Crippen LogP contribution in [0, 0.1) is 11.6 Å². The van der Waals surface area contributed by atoms with Crippen LogP contribution in [-0.2, 0) is 6.42 Å². The lowest BCUT2D eigenvalue weighted by atomic mass is 10.1. The molecule has 1 aliphatic heterocycles. The first kappa shape index (κ1) is 12.9. The van der Waals surface area contributed by atoms with Gasteiger partial charge in [0.2, 0.25) is 0 Å². The highest BCUT2D eigenvalue weighted by atomic mass is 32.2. The minimum atomic E-state index is -0.763. The van der Waals surface area contributed by atoms with Crippen LogP contribution in [0.25, 0.3) is 0 Å². The molecule has 1 aromatic rings. The SMILES string of the molecule is O=Cc1c(F)cc(CC2SCCCS2)cc1F. The summed E-state index contributed by atoms with van der Waals surface area (Å²) in [5, 5.41) is 0. The Balaban J connectivity index is 2.13. The molecule has 2 rings (SSSR count). The summed E-state index contributed by atoms with van der Waals surface area (Å²) in [4.78, 5) is 10.5. The third kappa shape index (κ3) is 3.22. The number of aldehydes is 1. The van der Waals surface area contributed by atoms with Gasteiger partial charge < -0.3 is 0 Å². The van der Waals surface area contributed by atoms with Crippen LogP contribution in [0.2, 0.25) is 0 Å². The van der Waals surface area contributed by atoms with Gasteiger partial charge in [-0.05, 0) is 42.0 Å². The van der Waals surface area contributed by atoms with E-state index in [0.29, 0.717) is 16.6 Å². The van der Waals surface area contributed by atoms with Crippen molar-refractivity contribution in [3.63, 3.8) is 0 Å². The van der Waals surface area contributed by atoms with E-state index in [1.54, 1.807) is 0 Å². The highest BCUT2D eigenvalue weighted by Crippen LogP contribution is 2.33. The molecule has 92 valence electrons. The highest BCUT2D eigenvalue weighted by Gasteiger charge is 2.17. The molecule has 0 saturated carbocycles. The summed E-state index contributed by atoms with van der Waals surface area (Å²) in [6, 6.07) is 2.53. The summed E-state index contributed by atoms with van der Waals surface area (Å²) >= 11 is 3.66. The van der Waals surface area contributed by atoms with Crippen LogP contribution < -0.4 is 0 Å². The molecule has 1 aromatic carbocycles. The lowest BCUT2D eigenvalue weighted by Crippen LogP contribution is -2.10. The summed E-state index contributed by atoms with van der Waals surface area (Å²) in [6.45, 7) is 0. The highest BCUT2D eigenvalue weighted by molar-refractivity contribution is 8.17. The Labute approximate surface area is 107 Å².